The molecule has 0 aromatic carbocycles. The van der Waals surface area contributed by atoms with Gasteiger partial charge in [0.15, 0.2) is 0 Å². The van der Waals surface area contributed by atoms with Crippen molar-refractivity contribution in [1.82, 2.24) is 0 Å². The average molecular weight is 324 g/mol. The van der Waals surface area contributed by atoms with E-state index in [9.17, 15) is 13.2 Å². The van der Waals surface area contributed by atoms with E-state index in [0.29, 0.717) is 6.42 Å². The van der Waals surface area contributed by atoms with Gasteiger partial charge >= 0.3 is 6.18 Å². The highest BCUT2D eigenvalue weighted by Gasteiger charge is 2.37. The van der Waals surface area contributed by atoms with E-state index in [1.54, 1.807) is 0 Å². The summed E-state index contributed by atoms with van der Waals surface area (Å²) in [5, 5.41) is 8.85. The maximum Gasteiger partial charge on any atom is 0.414 e. The Morgan fingerprint density at radius 2 is 0.955 bits per heavy atom. The van der Waals surface area contributed by atoms with Crippen molar-refractivity contribution < 1.29 is 18.3 Å². The lowest BCUT2D eigenvalue weighted by atomic mass is 10.0. The van der Waals surface area contributed by atoms with Crippen LogP contribution in [0.2, 0.25) is 0 Å². The summed E-state index contributed by atoms with van der Waals surface area (Å²) in [7, 11) is 0. The van der Waals surface area contributed by atoms with Crippen molar-refractivity contribution in [2.75, 3.05) is 0 Å². The van der Waals surface area contributed by atoms with Crippen molar-refractivity contribution >= 4 is 0 Å². The smallest absolute Gasteiger partial charge is 0.384 e. The van der Waals surface area contributed by atoms with Crippen LogP contribution in [0.3, 0.4) is 0 Å². The summed E-state index contributed by atoms with van der Waals surface area (Å²) in [6.07, 6.45) is 9.81. The average Bonchev–Trinajstić information content (AvgIpc) is 2.46. The third kappa shape index (κ3) is 14.7. The van der Waals surface area contributed by atoms with Gasteiger partial charge in [-0.1, -0.05) is 96.8 Å². The molecule has 0 aromatic rings. The molecule has 22 heavy (non-hydrogen) atoms. The fourth-order valence-electron chi connectivity index (χ4n) is 2.70. The molecule has 0 spiro atoms. The quantitative estimate of drug-likeness (QED) is 0.329. The second kappa shape index (κ2) is 14.3. The molecule has 1 atom stereocenters. The second-order valence-corrected chi connectivity index (χ2v) is 6.44. The van der Waals surface area contributed by atoms with Gasteiger partial charge in [-0.2, -0.15) is 13.2 Å². The molecule has 0 heterocycles. The largest absolute Gasteiger partial charge is 0.414 e. The summed E-state index contributed by atoms with van der Waals surface area (Å²) >= 11 is 0. The number of alkyl halides is 3. The topological polar surface area (TPSA) is 20.2 Å². The molecule has 0 unspecified atom stereocenters. The predicted molar refractivity (Wildman–Crippen MR) is 87.0 cm³/mol. The van der Waals surface area contributed by atoms with Crippen molar-refractivity contribution in [2.24, 2.45) is 0 Å². The minimum absolute atomic E-state index is 0.151. The first-order chi connectivity index (χ1) is 10.5. The zero-order chi connectivity index (χ0) is 16.7. The Kier molecular flexibility index (Phi) is 14.2. The van der Waals surface area contributed by atoms with Crippen LogP contribution in [0.25, 0.3) is 0 Å². The monoisotopic (exact) mass is 324 g/mol. The number of aliphatic hydroxyl groups excluding tert-OH is 1. The van der Waals surface area contributed by atoms with Crippen LogP contribution in [0.5, 0.6) is 0 Å². The molecular formula is C18H35F3O. The Hall–Kier alpha value is -0.250. The van der Waals surface area contributed by atoms with E-state index in [4.69, 9.17) is 5.11 Å². The molecule has 0 fully saturated rings. The van der Waals surface area contributed by atoms with Crippen LogP contribution in [0.1, 0.15) is 103 Å². The lowest BCUT2D eigenvalue weighted by Gasteiger charge is -2.13. The summed E-state index contributed by atoms with van der Waals surface area (Å²) in [5.74, 6) is 0. The number of unbranched alkanes of at least 4 members (excludes halogenated alkanes) is 13. The molecule has 0 bridgehead atoms. The van der Waals surface area contributed by atoms with E-state index in [0.717, 1.165) is 19.3 Å². The van der Waals surface area contributed by atoms with Gasteiger partial charge in [-0.25, -0.2) is 0 Å². The molecule has 0 saturated carbocycles. The zero-order valence-corrected chi connectivity index (χ0v) is 14.3. The Bertz CT molecular complexity index is 229. The van der Waals surface area contributed by atoms with Gasteiger partial charge in [-0.15, -0.1) is 0 Å². The number of rotatable bonds is 15. The fourth-order valence-corrected chi connectivity index (χ4v) is 2.70. The van der Waals surface area contributed by atoms with Crippen LogP contribution in [0, 0.1) is 0 Å². The molecular weight excluding hydrogens is 289 g/mol. The number of hydrogen-bond acceptors (Lipinski definition) is 1. The maximum atomic E-state index is 12.1. The van der Waals surface area contributed by atoms with Crippen molar-refractivity contribution in [1.29, 1.82) is 0 Å². The summed E-state index contributed by atoms with van der Waals surface area (Å²) in [5.41, 5.74) is 0. The van der Waals surface area contributed by atoms with Crippen LogP contribution in [0.15, 0.2) is 0 Å². The van der Waals surface area contributed by atoms with Gasteiger partial charge in [-0.3, -0.25) is 0 Å². The SMILES string of the molecule is CCCCCCCCCCCCCCCC[C@H](O)C(F)(F)F. The van der Waals surface area contributed by atoms with Gasteiger partial charge in [0, 0.05) is 0 Å². The molecule has 134 valence electrons. The minimum atomic E-state index is -4.45. The van der Waals surface area contributed by atoms with Crippen molar-refractivity contribution in [2.45, 2.75) is 116 Å². The molecule has 0 aromatic heterocycles. The third-order valence-corrected chi connectivity index (χ3v) is 4.21. The van der Waals surface area contributed by atoms with Gasteiger partial charge in [0.1, 0.15) is 6.10 Å². The standard InChI is InChI=1S/C18H35F3O/c1-2-3-4-5-6-7-8-9-10-11-12-13-14-15-16-17(22)18(19,20)21/h17,22H,2-16H2,1H3/t17-/m0/s1. The summed E-state index contributed by atoms with van der Waals surface area (Å²) < 4.78 is 36.2. The van der Waals surface area contributed by atoms with Crippen LogP contribution in [-0.4, -0.2) is 17.4 Å². The summed E-state index contributed by atoms with van der Waals surface area (Å²) in [6.45, 7) is 2.23. The first kappa shape index (κ1) is 21.8. The number of aliphatic hydroxyl groups is 1. The first-order valence-electron chi connectivity index (χ1n) is 9.23. The highest BCUT2D eigenvalue weighted by Crippen LogP contribution is 2.24. The summed E-state index contributed by atoms with van der Waals surface area (Å²) in [6, 6.07) is 0. The molecule has 1 N–H and O–H groups in total. The molecule has 1 nitrogen and oxygen atoms in total. The van der Waals surface area contributed by atoms with Crippen molar-refractivity contribution in [3.05, 3.63) is 0 Å². The fraction of sp³-hybridized carbons (Fsp3) is 1.00. The van der Waals surface area contributed by atoms with Gasteiger partial charge < -0.3 is 5.11 Å². The number of halogens is 3. The Balaban J connectivity index is 3.12. The van der Waals surface area contributed by atoms with E-state index in [1.807, 2.05) is 0 Å². The zero-order valence-electron chi connectivity index (χ0n) is 14.3. The lowest BCUT2D eigenvalue weighted by Crippen LogP contribution is -2.28. The minimum Gasteiger partial charge on any atom is -0.384 e. The normalized spacial score (nSPS) is 13.5. The second-order valence-electron chi connectivity index (χ2n) is 6.44. The van der Waals surface area contributed by atoms with E-state index >= 15 is 0 Å². The van der Waals surface area contributed by atoms with Crippen molar-refractivity contribution in [3.63, 3.8) is 0 Å². The Morgan fingerprint density at radius 1 is 0.636 bits per heavy atom. The molecule has 0 radical (unpaired) electrons. The van der Waals surface area contributed by atoms with E-state index in [1.165, 1.54) is 64.2 Å². The number of hydrogen-bond donors (Lipinski definition) is 1. The third-order valence-electron chi connectivity index (χ3n) is 4.21. The highest BCUT2D eigenvalue weighted by molar-refractivity contribution is 4.64. The van der Waals surface area contributed by atoms with Gasteiger partial charge in [0.05, 0.1) is 0 Å². The lowest BCUT2D eigenvalue weighted by molar-refractivity contribution is -0.205. The summed E-state index contributed by atoms with van der Waals surface area (Å²) in [4.78, 5) is 0. The van der Waals surface area contributed by atoms with Crippen LogP contribution in [0.4, 0.5) is 13.2 Å². The van der Waals surface area contributed by atoms with E-state index < -0.39 is 12.3 Å². The molecule has 0 aliphatic heterocycles. The Labute approximate surface area is 134 Å². The molecule has 0 aliphatic rings. The molecule has 0 rings (SSSR count). The van der Waals surface area contributed by atoms with Crippen LogP contribution < -0.4 is 0 Å². The first-order valence-corrected chi connectivity index (χ1v) is 9.23. The van der Waals surface area contributed by atoms with Crippen LogP contribution >= 0.6 is 0 Å². The molecule has 0 amide bonds. The van der Waals surface area contributed by atoms with Crippen molar-refractivity contribution in [3.8, 4) is 0 Å². The van der Waals surface area contributed by atoms with Crippen LogP contribution in [-0.2, 0) is 0 Å². The van der Waals surface area contributed by atoms with E-state index in [2.05, 4.69) is 6.92 Å². The predicted octanol–water partition coefficient (Wildman–Crippen LogP) is 6.78. The van der Waals surface area contributed by atoms with Gasteiger partial charge in [0.25, 0.3) is 0 Å². The highest BCUT2D eigenvalue weighted by atomic mass is 19.4. The van der Waals surface area contributed by atoms with Gasteiger partial charge in [-0.05, 0) is 6.42 Å². The Morgan fingerprint density at radius 3 is 1.27 bits per heavy atom. The van der Waals surface area contributed by atoms with Gasteiger partial charge in [0.2, 0.25) is 0 Å². The molecule has 0 aliphatic carbocycles. The van der Waals surface area contributed by atoms with E-state index in [-0.39, 0.29) is 6.42 Å². The maximum absolute atomic E-state index is 12.1. The molecule has 0 saturated heterocycles. The molecule has 4 heteroatoms.